The number of carbonyl (C=O) groups excluding carboxylic acids is 1. The van der Waals surface area contributed by atoms with Gasteiger partial charge in [-0.1, -0.05) is 36.4 Å². The predicted molar refractivity (Wildman–Crippen MR) is 87.9 cm³/mol. The highest BCUT2D eigenvalue weighted by atomic mass is 31.2. The molecule has 0 bridgehead atoms. The van der Waals surface area contributed by atoms with Crippen LogP contribution in [0.15, 0.2) is 60.7 Å². The summed E-state index contributed by atoms with van der Waals surface area (Å²) >= 11 is 0. The summed E-state index contributed by atoms with van der Waals surface area (Å²) in [7, 11) is -3.47. The van der Waals surface area contributed by atoms with Crippen molar-refractivity contribution in [3.8, 4) is 0 Å². The highest BCUT2D eigenvalue weighted by Gasteiger charge is 2.25. The summed E-state index contributed by atoms with van der Waals surface area (Å²) in [6, 6.07) is 17.9. The molecular formula is C15H18N3O3P. The van der Waals surface area contributed by atoms with Crippen LogP contribution in [0, 0.1) is 0 Å². The Balaban J connectivity index is 2.19. The molecule has 2 aromatic carbocycles. The number of hydrogen-bond donors (Lipinski definition) is 3. The van der Waals surface area contributed by atoms with Crippen molar-refractivity contribution in [2.45, 2.75) is 6.92 Å². The summed E-state index contributed by atoms with van der Waals surface area (Å²) < 4.78 is 17.8. The van der Waals surface area contributed by atoms with E-state index in [1.807, 2.05) is 12.1 Å². The SMILES string of the molecule is CCOC(=O)NP(=O)(Nc1ccccc1)Nc1ccccc1. The van der Waals surface area contributed by atoms with E-state index in [0.29, 0.717) is 11.4 Å². The van der Waals surface area contributed by atoms with Crippen LogP contribution in [0.3, 0.4) is 0 Å². The van der Waals surface area contributed by atoms with Crippen LogP contribution in [0.5, 0.6) is 0 Å². The molecule has 0 aliphatic heterocycles. The van der Waals surface area contributed by atoms with Gasteiger partial charge >= 0.3 is 13.7 Å². The molecule has 0 saturated heterocycles. The molecule has 6 nitrogen and oxygen atoms in total. The lowest BCUT2D eigenvalue weighted by molar-refractivity contribution is 0.158. The van der Waals surface area contributed by atoms with Crippen molar-refractivity contribution in [2.24, 2.45) is 0 Å². The summed E-state index contributed by atoms with van der Waals surface area (Å²) in [6.07, 6.45) is -0.752. The smallest absolute Gasteiger partial charge is 0.415 e. The van der Waals surface area contributed by atoms with Gasteiger partial charge in [0.2, 0.25) is 0 Å². The summed E-state index contributed by atoms with van der Waals surface area (Å²) in [4.78, 5) is 11.7. The van der Waals surface area contributed by atoms with Gasteiger partial charge in [0.1, 0.15) is 0 Å². The van der Waals surface area contributed by atoms with Gasteiger partial charge in [0.25, 0.3) is 0 Å². The molecule has 0 aromatic heterocycles. The molecule has 0 saturated carbocycles. The minimum atomic E-state index is -3.47. The minimum absolute atomic E-state index is 0.197. The minimum Gasteiger partial charge on any atom is -0.450 e. The monoisotopic (exact) mass is 319 g/mol. The Kier molecular flexibility index (Phi) is 5.44. The first kappa shape index (κ1) is 15.9. The van der Waals surface area contributed by atoms with Crippen LogP contribution in [0.1, 0.15) is 6.92 Å². The second-order valence-corrected chi connectivity index (χ2v) is 6.29. The first-order chi connectivity index (χ1) is 10.6. The normalized spacial score (nSPS) is 10.6. The molecule has 0 heterocycles. The number of para-hydroxylation sites is 2. The van der Waals surface area contributed by atoms with E-state index in [9.17, 15) is 9.36 Å². The lowest BCUT2D eigenvalue weighted by atomic mass is 10.3. The third-order valence-electron chi connectivity index (χ3n) is 2.64. The molecule has 0 atom stereocenters. The number of ether oxygens (including phenoxy) is 1. The summed E-state index contributed by atoms with van der Waals surface area (Å²) in [5, 5.41) is 8.01. The van der Waals surface area contributed by atoms with Crippen LogP contribution in [0.2, 0.25) is 0 Å². The Morgan fingerprint density at radius 2 is 1.41 bits per heavy atom. The highest BCUT2D eigenvalue weighted by molar-refractivity contribution is 7.65. The average Bonchev–Trinajstić information content (AvgIpc) is 2.49. The molecule has 2 aromatic rings. The van der Waals surface area contributed by atoms with Crippen LogP contribution in [-0.2, 0) is 9.30 Å². The zero-order chi connectivity index (χ0) is 15.8. The van der Waals surface area contributed by atoms with Gasteiger partial charge in [-0.3, -0.25) is 4.57 Å². The topological polar surface area (TPSA) is 79.5 Å². The van der Waals surface area contributed by atoms with Gasteiger partial charge in [-0.2, -0.15) is 0 Å². The van der Waals surface area contributed by atoms with E-state index in [2.05, 4.69) is 15.3 Å². The van der Waals surface area contributed by atoms with Crippen LogP contribution in [0.25, 0.3) is 0 Å². The largest absolute Gasteiger partial charge is 0.450 e. The number of nitrogens with one attached hydrogen (secondary N) is 3. The predicted octanol–water partition coefficient (Wildman–Crippen LogP) is 4.06. The van der Waals surface area contributed by atoms with Crippen molar-refractivity contribution >= 4 is 25.1 Å². The molecular weight excluding hydrogens is 301 g/mol. The standard InChI is InChI=1S/C15H18N3O3P/c1-2-21-15(19)18-22(20,16-13-9-5-3-6-10-13)17-14-11-7-4-8-12-14/h3-12H,2H2,1H3,(H3,16,17,18,19,20). The maximum absolute atomic E-state index is 13.0. The van der Waals surface area contributed by atoms with Crippen molar-refractivity contribution in [1.29, 1.82) is 0 Å². The molecule has 0 spiro atoms. The third kappa shape index (κ3) is 4.82. The molecule has 2 rings (SSSR count). The fourth-order valence-corrected chi connectivity index (χ4v) is 3.28. The van der Waals surface area contributed by atoms with E-state index in [1.54, 1.807) is 55.5 Å². The molecule has 0 aliphatic carbocycles. The van der Waals surface area contributed by atoms with Crippen LogP contribution in [0.4, 0.5) is 16.2 Å². The highest BCUT2D eigenvalue weighted by Crippen LogP contribution is 2.41. The van der Waals surface area contributed by atoms with Crippen molar-refractivity contribution < 1.29 is 14.1 Å². The lowest BCUT2D eigenvalue weighted by Gasteiger charge is -2.22. The summed E-state index contributed by atoms with van der Waals surface area (Å²) in [6.45, 7) is 1.88. The molecule has 116 valence electrons. The van der Waals surface area contributed by atoms with E-state index >= 15 is 0 Å². The molecule has 1 amide bonds. The zero-order valence-electron chi connectivity index (χ0n) is 12.2. The Bertz CT molecular complexity index is 604. The number of rotatable bonds is 6. The van der Waals surface area contributed by atoms with Gasteiger partial charge in [-0.15, -0.1) is 0 Å². The van der Waals surface area contributed by atoms with E-state index in [0.717, 1.165) is 0 Å². The van der Waals surface area contributed by atoms with Gasteiger partial charge in [-0.25, -0.2) is 9.88 Å². The second-order valence-electron chi connectivity index (χ2n) is 4.40. The van der Waals surface area contributed by atoms with Gasteiger partial charge < -0.3 is 14.9 Å². The molecule has 0 unspecified atom stereocenters. The van der Waals surface area contributed by atoms with E-state index in [1.165, 1.54) is 0 Å². The molecule has 0 aliphatic rings. The van der Waals surface area contributed by atoms with Crippen LogP contribution < -0.4 is 15.3 Å². The number of hydrogen-bond acceptors (Lipinski definition) is 3. The Labute approximate surface area is 129 Å². The Morgan fingerprint density at radius 1 is 0.955 bits per heavy atom. The van der Waals surface area contributed by atoms with Crippen LogP contribution >= 0.6 is 7.59 Å². The molecule has 0 fully saturated rings. The first-order valence-corrected chi connectivity index (χ1v) is 8.54. The Hall–Kier alpha value is -2.46. The quantitative estimate of drug-likeness (QED) is 0.700. The number of carbonyl (C=O) groups is 1. The Morgan fingerprint density at radius 3 is 1.82 bits per heavy atom. The van der Waals surface area contributed by atoms with Gasteiger partial charge in [0, 0.05) is 11.4 Å². The average molecular weight is 319 g/mol. The fraction of sp³-hybridized carbons (Fsp3) is 0.133. The van der Waals surface area contributed by atoms with E-state index < -0.39 is 13.7 Å². The summed E-state index contributed by atoms with van der Waals surface area (Å²) in [5.74, 6) is 0. The third-order valence-corrected chi connectivity index (χ3v) is 4.29. The van der Waals surface area contributed by atoms with Crippen molar-refractivity contribution in [3.05, 3.63) is 60.7 Å². The number of benzene rings is 2. The summed E-state index contributed by atoms with van der Waals surface area (Å²) in [5.41, 5.74) is 1.23. The van der Waals surface area contributed by atoms with Crippen LogP contribution in [-0.4, -0.2) is 12.7 Å². The zero-order valence-corrected chi connectivity index (χ0v) is 13.0. The fourth-order valence-electron chi connectivity index (χ4n) is 1.76. The van der Waals surface area contributed by atoms with Crippen molar-refractivity contribution in [3.63, 3.8) is 0 Å². The lowest BCUT2D eigenvalue weighted by Crippen LogP contribution is -2.28. The van der Waals surface area contributed by atoms with E-state index in [4.69, 9.17) is 4.74 Å². The van der Waals surface area contributed by atoms with Crippen molar-refractivity contribution in [1.82, 2.24) is 5.09 Å². The van der Waals surface area contributed by atoms with Gasteiger partial charge in [-0.05, 0) is 31.2 Å². The van der Waals surface area contributed by atoms with Gasteiger partial charge in [0.15, 0.2) is 0 Å². The second kappa shape index (κ2) is 7.52. The number of amides is 1. The van der Waals surface area contributed by atoms with Crippen molar-refractivity contribution in [2.75, 3.05) is 16.8 Å². The first-order valence-electron chi connectivity index (χ1n) is 6.83. The maximum Gasteiger partial charge on any atom is 0.415 e. The number of anilines is 2. The molecule has 3 N–H and O–H groups in total. The molecule has 0 radical (unpaired) electrons. The molecule has 22 heavy (non-hydrogen) atoms. The molecule has 7 heteroatoms. The maximum atomic E-state index is 13.0. The van der Waals surface area contributed by atoms with Gasteiger partial charge in [0.05, 0.1) is 6.61 Å². The van der Waals surface area contributed by atoms with E-state index in [-0.39, 0.29) is 6.61 Å².